The van der Waals surface area contributed by atoms with Crippen LogP contribution in [0.2, 0.25) is 0 Å². The van der Waals surface area contributed by atoms with Crippen LogP contribution < -0.4 is 5.32 Å². The highest BCUT2D eigenvalue weighted by Crippen LogP contribution is 2.43. The number of hydrogen-bond acceptors (Lipinski definition) is 7. The molecular weight excluding hydrogens is 454 g/mol. The summed E-state index contributed by atoms with van der Waals surface area (Å²) in [4.78, 5) is 34.0. The number of nitrogens with one attached hydrogen (secondary N) is 1. The number of amides is 2. The SMILES string of the molecule is CCN(CCO)C(=O)COC1=NOC(C(=O)NC2(CC(C)C)CCC2C)C1Sc1ccccc1. The van der Waals surface area contributed by atoms with E-state index in [-0.39, 0.29) is 43.0 Å². The van der Waals surface area contributed by atoms with Crippen molar-refractivity contribution < 1.29 is 24.3 Å². The summed E-state index contributed by atoms with van der Waals surface area (Å²) in [7, 11) is 0. The van der Waals surface area contributed by atoms with Gasteiger partial charge in [0.2, 0.25) is 12.0 Å². The van der Waals surface area contributed by atoms with Crippen LogP contribution in [0.1, 0.15) is 47.0 Å². The van der Waals surface area contributed by atoms with Gasteiger partial charge in [0.15, 0.2) is 6.61 Å². The lowest BCUT2D eigenvalue weighted by Gasteiger charge is -2.50. The van der Waals surface area contributed by atoms with Crippen molar-refractivity contribution in [1.29, 1.82) is 0 Å². The number of aliphatic hydroxyl groups is 1. The number of carbonyl (C=O) groups is 2. The first-order chi connectivity index (χ1) is 16.3. The maximum absolute atomic E-state index is 13.4. The van der Waals surface area contributed by atoms with Crippen molar-refractivity contribution in [2.75, 3.05) is 26.3 Å². The fourth-order valence-corrected chi connectivity index (χ4v) is 5.69. The molecule has 0 saturated heterocycles. The minimum atomic E-state index is -0.855. The van der Waals surface area contributed by atoms with Gasteiger partial charge in [-0.1, -0.05) is 39.0 Å². The van der Waals surface area contributed by atoms with Gasteiger partial charge in [0.25, 0.3) is 11.8 Å². The molecule has 1 saturated carbocycles. The molecule has 0 bridgehead atoms. The first-order valence-corrected chi connectivity index (χ1v) is 13.0. The Labute approximate surface area is 206 Å². The summed E-state index contributed by atoms with van der Waals surface area (Å²) in [5.41, 5.74) is -0.220. The molecule has 2 N–H and O–H groups in total. The normalized spacial score (nSPS) is 25.8. The van der Waals surface area contributed by atoms with Crippen LogP contribution in [-0.2, 0) is 19.2 Å². The third-order valence-electron chi connectivity index (χ3n) is 6.60. The Bertz CT molecular complexity index is 865. The quantitative estimate of drug-likeness (QED) is 0.494. The maximum Gasteiger partial charge on any atom is 0.266 e. The molecule has 3 rings (SSSR count). The molecule has 188 valence electrons. The molecular formula is C25H37N3O5S. The smallest absolute Gasteiger partial charge is 0.266 e. The second kappa shape index (κ2) is 11.9. The molecule has 2 amide bonds. The number of ether oxygens (including phenoxy) is 1. The van der Waals surface area contributed by atoms with Gasteiger partial charge in [-0.2, -0.15) is 0 Å². The number of benzene rings is 1. The molecule has 1 aromatic rings. The maximum atomic E-state index is 13.4. The van der Waals surface area contributed by atoms with E-state index in [9.17, 15) is 9.59 Å². The lowest BCUT2D eigenvalue weighted by Crippen LogP contribution is -2.62. The van der Waals surface area contributed by atoms with Crippen molar-refractivity contribution in [3.8, 4) is 0 Å². The Kier molecular flexibility index (Phi) is 9.24. The molecule has 4 atom stereocenters. The lowest BCUT2D eigenvalue weighted by atomic mass is 9.64. The topological polar surface area (TPSA) is 100 Å². The Morgan fingerprint density at radius 2 is 2.09 bits per heavy atom. The molecule has 9 heteroatoms. The molecule has 1 aromatic carbocycles. The van der Waals surface area contributed by atoms with E-state index in [1.165, 1.54) is 16.7 Å². The second-order valence-corrected chi connectivity index (χ2v) is 10.7. The van der Waals surface area contributed by atoms with Crippen molar-refractivity contribution in [1.82, 2.24) is 10.2 Å². The zero-order valence-electron chi connectivity index (χ0n) is 20.5. The van der Waals surface area contributed by atoms with Crippen LogP contribution in [0.5, 0.6) is 0 Å². The summed E-state index contributed by atoms with van der Waals surface area (Å²) in [6.07, 6.45) is 2.11. The van der Waals surface area contributed by atoms with E-state index >= 15 is 0 Å². The van der Waals surface area contributed by atoms with E-state index in [0.29, 0.717) is 18.4 Å². The largest absolute Gasteiger partial charge is 0.468 e. The highest BCUT2D eigenvalue weighted by molar-refractivity contribution is 8.00. The van der Waals surface area contributed by atoms with Gasteiger partial charge in [-0.05, 0) is 55.3 Å². The average molecular weight is 492 g/mol. The Balaban J connectivity index is 1.72. The number of thioether (sulfide) groups is 1. The predicted octanol–water partition coefficient (Wildman–Crippen LogP) is 3.05. The predicted molar refractivity (Wildman–Crippen MR) is 132 cm³/mol. The first-order valence-electron chi connectivity index (χ1n) is 12.1. The van der Waals surface area contributed by atoms with Gasteiger partial charge in [-0.25, -0.2) is 0 Å². The summed E-state index contributed by atoms with van der Waals surface area (Å²) in [6.45, 7) is 8.72. The molecule has 8 nitrogen and oxygen atoms in total. The number of oxime groups is 1. The van der Waals surface area contributed by atoms with E-state index in [1.807, 2.05) is 37.3 Å². The van der Waals surface area contributed by atoms with Gasteiger partial charge < -0.3 is 24.9 Å². The van der Waals surface area contributed by atoms with Crippen molar-refractivity contribution in [2.45, 2.75) is 68.7 Å². The van der Waals surface area contributed by atoms with Gasteiger partial charge in [-0.3, -0.25) is 9.59 Å². The number of aliphatic hydroxyl groups excluding tert-OH is 1. The van der Waals surface area contributed by atoms with E-state index < -0.39 is 11.4 Å². The van der Waals surface area contributed by atoms with E-state index in [2.05, 4.69) is 31.2 Å². The fourth-order valence-electron chi connectivity index (χ4n) is 4.57. The number of nitrogens with zero attached hydrogens (tertiary/aromatic N) is 2. The minimum absolute atomic E-state index is 0.116. The van der Waals surface area contributed by atoms with Crippen LogP contribution in [0.4, 0.5) is 0 Å². The monoisotopic (exact) mass is 491 g/mol. The zero-order chi connectivity index (χ0) is 24.7. The highest BCUT2D eigenvalue weighted by Gasteiger charge is 2.49. The summed E-state index contributed by atoms with van der Waals surface area (Å²) in [5, 5.41) is 16.0. The first kappa shape index (κ1) is 26.3. The van der Waals surface area contributed by atoms with E-state index in [0.717, 1.165) is 24.2 Å². The summed E-state index contributed by atoms with van der Waals surface area (Å²) in [6, 6.07) is 9.69. The van der Waals surface area contributed by atoms with Gasteiger partial charge in [0.05, 0.1) is 6.61 Å². The molecule has 0 spiro atoms. The van der Waals surface area contributed by atoms with Gasteiger partial charge >= 0.3 is 0 Å². The van der Waals surface area contributed by atoms with Gasteiger partial charge in [0, 0.05) is 23.5 Å². The van der Waals surface area contributed by atoms with Crippen LogP contribution >= 0.6 is 11.8 Å². The van der Waals surface area contributed by atoms with Gasteiger partial charge in [0.1, 0.15) is 5.25 Å². The summed E-state index contributed by atoms with van der Waals surface area (Å²) >= 11 is 1.43. The van der Waals surface area contributed by atoms with E-state index in [1.54, 1.807) is 0 Å². The van der Waals surface area contributed by atoms with Gasteiger partial charge in [-0.15, -0.1) is 11.8 Å². The molecule has 2 aliphatic rings. The molecule has 1 fully saturated rings. The molecule has 34 heavy (non-hydrogen) atoms. The third-order valence-corrected chi connectivity index (χ3v) is 7.85. The molecule has 4 unspecified atom stereocenters. The standard InChI is InChI=1S/C25H37N3O5S/c1-5-28(13-14-29)20(30)16-32-24-22(34-19-9-7-6-8-10-19)21(33-27-24)23(31)26-25(15-17(2)3)12-11-18(25)4/h6-10,17-18,21-22,29H,5,11-16H2,1-4H3,(H,26,31). The van der Waals surface area contributed by atoms with Crippen molar-refractivity contribution in [2.24, 2.45) is 17.0 Å². The Morgan fingerprint density at radius 3 is 2.65 bits per heavy atom. The van der Waals surface area contributed by atoms with Crippen molar-refractivity contribution >= 4 is 29.5 Å². The van der Waals surface area contributed by atoms with Crippen LogP contribution in [0.25, 0.3) is 0 Å². The molecule has 0 radical (unpaired) electrons. The van der Waals surface area contributed by atoms with Crippen LogP contribution in [0, 0.1) is 11.8 Å². The van der Waals surface area contributed by atoms with E-state index in [4.69, 9.17) is 14.7 Å². The summed E-state index contributed by atoms with van der Waals surface area (Å²) < 4.78 is 5.77. The number of hydrogen-bond donors (Lipinski definition) is 2. The Hall–Kier alpha value is -2.26. The minimum Gasteiger partial charge on any atom is -0.468 e. The van der Waals surface area contributed by atoms with Crippen LogP contribution in [0.3, 0.4) is 0 Å². The number of rotatable bonds is 11. The van der Waals surface area contributed by atoms with Crippen molar-refractivity contribution in [3.63, 3.8) is 0 Å². The molecule has 1 aliphatic heterocycles. The number of carbonyl (C=O) groups excluding carboxylic acids is 2. The highest BCUT2D eigenvalue weighted by atomic mass is 32.2. The number of likely N-dealkylation sites (N-methyl/N-ethyl adjacent to an activating group) is 1. The fraction of sp³-hybridized carbons (Fsp3) is 0.640. The average Bonchev–Trinajstić information content (AvgIpc) is 3.22. The zero-order valence-corrected chi connectivity index (χ0v) is 21.3. The van der Waals surface area contributed by atoms with Crippen LogP contribution in [-0.4, -0.2) is 70.9 Å². The molecule has 0 aromatic heterocycles. The third kappa shape index (κ3) is 6.24. The molecule has 1 aliphatic carbocycles. The van der Waals surface area contributed by atoms with Crippen molar-refractivity contribution in [3.05, 3.63) is 30.3 Å². The van der Waals surface area contributed by atoms with Crippen LogP contribution in [0.15, 0.2) is 40.4 Å². The second-order valence-electron chi connectivity index (χ2n) is 9.48. The molecule has 1 heterocycles. The Morgan fingerprint density at radius 1 is 1.35 bits per heavy atom. The summed E-state index contributed by atoms with van der Waals surface area (Å²) in [5.74, 6) is 0.631. The lowest BCUT2D eigenvalue weighted by molar-refractivity contribution is -0.136.